The van der Waals surface area contributed by atoms with Crippen LogP contribution in [0.3, 0.4) is 0 Å². The first-order chi connectivity index (χ1) is 16.0. The van der Waals surface area contributed by atoms with Crippen LogP contribution < -0.4 is 19.5 Å². The van der Waals surface area contributed by atoms with Crippen molar-refractivity contribution in [1.29, 1.82) is 0 Å². The fourth-order valence-electron chi connectivity index (χ4n) is 3.76. The lowest BCUT2D eigenvalue weighted by molar-refractivity contribution is -0.147. The molecule has 1 aliphatic rings. The van der Waals surface area contributed by atoms with E-state index in [-0.39, 0.29) is 17.9 Å². The maximum absolute atomic E-state index is 12.9. The van der Waals surface area contributed by atoms with E-state index in [1.807, 2.05) is 20.8 Å². The molecule has 3 rings (SSSR count). The minimum Gasteiger partial charge on any atom is -0.486 e. The molecule has 1 heterocycles. The summed E-state index contributed by atoms with van der Waals surface area (Å²) in [5.74, 6) is -0.0931. The maximum Gasteiger partial charge on any atom is 0.307 e. The quantitative estimate of drug-likeness (QED) is 0.546. The lowest BCUT2D eigenvalue weighted by Gasteiger charge is -2.19. The van der Waals surface area contributed by atoms with E-state index in [2.05, 4.69) is 10.0 Å². The highest BCUT2D eigenvalue weighted by Crippen LogP contribution is 2.32. The van der Waals surface area contributed by atoms with E-state index in [9.17, 15) is 18.0 Å². The van der Waals surface area contributed by atoms with E-state index in [0.717, 1.165) is 16.7 Å². The van der Waals surface area contributed by atoms with Gasteiger partial charge in [-0.2, -0.15) is 0 Å². The van der Waals surface area contributed by atoms with E-state index >= 15 is 0 Å². The van der Waals surface area contributed by atoms with Gasteiger partial charge in [0.2, 0.25) is 10.0 Å². The minimum atomic E-state index is -3.82. The van der Waals surface area contributed by atoms with E-state index in [4.69, 9.17) is 14.2 Å². The van der Waals surface area contributed by atoms with Gasteiger partial charge >= 0.3 is 5.97 Å². The zero-order valence-electron chi connectivity index (χ0n) is 20.0. The summed E-state index contributed by atoms with van der Waals surface area (Å²) in [5.41, 5.74) is 4.76. The Labute approximate surface area is 199 Å². The van der Waals surface area contributed by atoms with Gasteiger partial charge in [-0.15, -0.1) is 0 Å². The summed E-state index contributed by atoms with van der Waals surface area (Å²) in [6.07, 6.45) is -0.210. The van der Waals surface area contributed by atoms with Gasteiger partial charge in [-0.1, -0.05) is 0 Å². The van der Waals surface area contributed by atoms with Gasteiger partial charge in [0.15, 0.2) is 18.1 Å². The molecule has 0 fully saturated rings. The molecule has 0 spiro atoms. The van der Waals surface area contributed by atoms with Crippen LogP contribution in [0.2, 0.25) is 0 Å². The lowest BCUT2D eigenvalue weighted by atomic mass is 9.95. The number of rotatable bonds is 8. The van der Waals surface area contributed by atoms with Gasteiger partial charge in [0.25, 0.3) is 5.91 Å². The first-order valence-electron chi connectivity index (χ1n) is 10.9. The monoisotopic (exact) mass is 490 g/mol. The number of esters is 1. The zero-order valence-corrected chi connectivity index (χ0v) is 20.9. The van der Waals surface area contributed by atoms with Crippen molar-refractivity contribution in [2.75, 3.05) is 31.7 Å². The summed E-state index contributed by atoms with van der Waals surface area (Å²) >= 11 is 0. The number of amides is 1. The van der Waals surface area contributed by atoms with Gasteiger partial charge in [-0.3, -0.25) is 9.59 Å². The van der Waals surface area contributed by atoms with Crippen molar-refractivity contribution in [2.45, 2.75) is 45.9 Å². The molecule has 0 aromatic heterocycles. The third kappa shape index (κ3) is 5.68. The summed E-state index contributed by atoms with van der Waals surface area (Å²) < 4.78 is 44.1. The second kappa shape index (κ2) is 10.4. The van der Waals surface area contributed by atoms with Crippen LogP contribution in [-0.2, 0) is 24.3 Å². The van der Waals surface area contributed by atoms with Crippen molar-refractivity contribution in [3.8, 4) is 11.5 Å². The molecular weight excluding hydrogens is 460 g/mol. The normalized spacial score (nSPS) is 12.9. The molecule has 9 nitrogen and oxygen atoms in total. The Hall–Kier alpha value is -3.11. The number of nitrogens with one attached hydrogen (secondary N) is 2. The highest BCUT2D eigenvalue weighted by atomic mass is 32.2. The highest BCUT2D eigenvalue weighted by Gasteiger charge is 2.23. The molecule has 34 heavy (non-hydrogen) atoms. The number of fused-ring (bicyclic) bond motifs is 1. The molecule has 0 radical (unpaired) electrons. The van der Waals surface area contributed by atoms with Crippen LogP contribution in [0.4, 0.5) is 5.69 Å². The third-order valence-electron chi connectivity index (χ3n) is 6.01. The van der Waals surface area contributed by atoms with Gasteiger partial charge < -0.3 is 19.5 Å². The Morgan fingerprint density at radius 3 is 2.15 bits per heavy atom. The molecule has 2 N–H and O–H groups in total. The molecule has 2 aromatic rings. The molecule has 2 aromatic carbocycles. The number of ether oxygens (including phenoxy) is 3. The number of hydrogen-bond donors (Lipinski definition) is 2. The number of sulfonamides is 1. The Bertz CT molecular complexity index is 1190. The smallest absolute Gasteiger partial charge is 0.307 e. The topological polar surface area (TPSA) is 120 Å². The number of benzene rings is 2. The van der Waals surface area contributed by atoms with Crippen molar-refractivity contribution in [1.82, 2.24) is 4.72 Å². The summed E-state index contributed by atoms with van der Waals surface area (Å²) in [6, 6.07) is 4.96. The molecule has 0 unspecified atom stereocenters. The fourth-order valence-corrected chi connectivity index (χ4v) is 5.39. The average molecular weight is 491 g/mol. The van der Waals surface area contributed by atoms with E-state index < -0.39 is 28.5 Å². The molecule has 184 valence electrons. The van der Waals surface area contributed by atoms with E-state index in [1.165, 1.54) is 0 Å². The molecule has 1 amide bonds. The van der Waals surface area contributed by atoms with Gasteiger partial charge in [0.1, 0.15) is 13.2 Å². The number of carbonyl (C=O) groups is 2. The molecule has 10 heteroatoms. The Morgan fingerprint density at radius 2 is 1.50 bits per heavy atom. The Morgan fingerprint density at radius 1 is 0.912 bits per heavy atom. The lowest BCUT2D eigenvalue weighted by Crippen LogP contribution is -2.29. The van der Waals surface area contributed by atoms with Gasteiger partial charge in [-0.05, 0) is 74.6 Å². The summed E-state index contributed by atoms with van der Waals surface area (Å²) in [6.45, 7) is 9.56. The maximum atomic E-state index is 12.9. The van der Waals surface area contributed by atoms with Crippen LogP contribution in [-0.4, -0.2) is 46.7 Å². The fraction of sp³-hybridized carbons (Fsp3) is 0.417. The van der Waals surface area contributed by atoms with Crippen LogP contribution in [0.15, 0.2) is 23.1 Å². The molecule has 0 saturated carbocycles. The second-order valence-corrected chi connectivity index (χ2v) is 9.87. The summed E-state index contributed by atoms with van der Waals surface area (Å²) in [5, 5.41) is 2.61. The molecule has 0 atom stereocenters. The van der Waals surface area contributed by atoms with Gasteiger partial charge in [0, 0.05) is 18.3 Å². The zero-order chi connectivity index (χ0) is 25.0. The van der Waals surface area contributed by atoms with E-state index in [1.54, 1.807) is 32.0 Å². The first-order valence-corrected chi connectivity index (χ1v) is 12.4. The standard InChI is InChI=1S/C24H30N2O7S/c1-14-15(2)17(4)24(18(5)16(14)3)34(29,30)25-9-8-23(28)33-13-22(27)26-19-6-7-20-21(12-19)32-11-10-31-20/h6-7,12,25H,8-11,13H2,1-5H3,(H,26,27). The van der Waals surface area contributed by atoms with Crippen LogP contribution in [0.5, 0.6) is 11.5 Å². The SMILES string of the molecule is Cc1c(C)c(C)c(S(=O)(=O)NCCC(=O)OCC(=O)Nc2ccc3c(c2)OCCO3)c(C)c1C. The molecule has 0 bridgehead atoms. The predicted octanol–water partition coefficient (Wildman–Crippen LogP) is 2.85. The van der Waals surface area contributed by atoms with E-state index in [0.29, 0.717) is 41.5 Å². The molecule has 1 aliphatic heterocycles. The Balaban J connectivity index is 1.49. The minimum absolute atomic E-state index is 0.143. The number of carbonyl (C=O) groups excluding carboxylic acids is 2. The van der Waals surface area contributed by atoms with Crippen LogP contribution >= 0.6 is 0 Å². The van der Waals surface area contributed by atoms with Crippen molar-refractivity contribution >= 4 is 27.6 Å². The molecular formula is C24H30N2O7S. The third-order valence-corrected chi connectivity index (χ3v) is 7.75. The van der Waals surface area contributed by atoms with Crippen molar-refractivity contribution in [3.63, 3.8) is 0 Å². The number of hydrogen-bond acceptors (Lipinski definition) is 7. The second-order valence-electron chi connectivity index (χ2n) is 8.17. The van der Waals surface area contributed by atoms with Crippen LogP contribution in [0.1, 0.15) is 34.2 Å². The van der Waals surface area contributed by atoms with Crippen molar-refractivity contribution < 1.29 is 32.2 Å². The van der Waals surface area contributed by atoms with Crippen molar-refractivity contribution in [2.24, 2.45) is 0 Å². The first kappa shape index (κ1) is 25.5. The summed E-state index contributed by atoms with van der Waals surface area (Å²) in [7, 11) is -3.82. The van der Waals surface area contributed by atoms with Crippen molar-refractivity contribution in [3.05, 3.63) is 46.0 Å². The van der Waals surface area contributed by atoms with Gasteiger partial charge in [-0.25, -0.2) is 13.1 Å². The van der Waals surface area contributed by atoms with Crippen LogP contribution in [0.25, 0.3) is 0 Å². The molecule has 0 saturated heterocycles. The summed E-state index contributed by atoms with van der Waals surface area (Å²) in [4.78, 5) is 24.4. The Kier molecular flexibility index (Phi) is 7.83. The largest absolute Gasteiger partial charge is 0.486 e. The van der Waals surface area contributed by atoms with Crippen LogP contribution in [0, 0.1) is 34.6 Å². The highest BCUT2D eigenvalue weighted by molar-refractivity contribution is 7.89. The predicted molar refractivity (Wildman–Crippen MR) is 127 cm³/mol. The average Bonchev–Trinajstić information content (AvgIpc) is 2.80. The van der Waals surface area contributed by atoms with Gasteiger partial charge in [0.05, 0.1) is 11.3 Å². The number of anilines is 1. The molecule has 0 aliphatic carbocycles.